The van der Waals surface area contributed by atoms with Crippen molar-refractivity contribution in [1.29, 1.82) is 10.8 Å². The van der Waals surface area contributed by atoms with Crippen LogP contribution in [-0.4, -0.2) is 46.7 Å². The number of hydrogen-bond acceptors (Lipinski definition) is 9. The minimum absolute atomic E-state index is 0. The molecule has 5 aromatic rings. The average Bonchev–Trinajstić information content (AvgIpc) is 3.88. The number of nitrogens with one attached hydrogen (secondary N) is 4. The zero-order valence-corrected chi connectivity index (χ0v) is 29.5. The molecule has 0 spiro atoms. The van der Waals surface area contributed by atoms with Crippen molar-refractivity contribution in [3.63, 3.8) is 0 Å². The first-order valence-corrected chi connectivity index (χ1v) is 15.9. The van der Waals surface area contributed by atoms with Gasteiger partial charge in [0.15, 0.2) is 17.3 Å². The number of rotatable bonds is 5. The molecule has 0 bridgehead atoms. The van der Waals surface area contributed by atoms with Crippen LogP contribution in [0.2, 0.25) is 0 Å². The van der Waals surface area contributed by atoms with Crippen LogP contribution in [0.3, 0.4) is 0 Å². The van der Waals surface area contributed by atoms with Gasteiger partial charge in [-0.2, -0.15) is 4.37 Å². The van der Waals surface area contributed by atoms with Crippen molar-refractivity contribution in [2.24, 2.45) is 0 Å². The Bertz CT molecular complexity index is 1990. The van der Waals surface area contributed by atoms with Crippen molar-refractivity contribution in [2.45, 2.75) is 65.2 Å². The number of hydrogen-bond donors (Lipinski definition) is 4. The third-order valence-corrected chi connectivity index (χ3v) is 8.77. The van der Waals surface area contributed by atoms with Crippen LogP contribution < -0.4 is 16.1 Å². The second-order valence-corrected chi connectivity index (χ2v) is 11.6. The number of fused-ring (bicyclic) bond motifs is 4. The Morgan fingerprint density at radius 1 is 1.02 bits per heavy atom. The smallest absolute Gasteiger partial charge is 0.260 e. The third kappa shape index (κ3) is 7.15. The number of amides is 2. The molecule has 2 amide bonds. The van der Waals surface area contributed by atoms with E-state index in [1.165, 1.54) is 45.7 Å². The van der Waals surface area contributed by atoms with Gasteiger partial charge in [-0.1, -0.05) is 27.7 Å². The highest BCUT2D eigenvalue weighted by Gasteiger charge is 2.27. The van der Waals surface area contributed by atoms with Gasteiger partial charge in [0, 0.05) is 26.6 Å². The van der Waals surface area contributed by atoms with E-state index in [1.54, 1.807) is 24.7 Å². The van der Waals surface area contributed by atoms with Crippen molar-refractivity contribution in [2.75, 3.05) is 10.6 Å². The standard InChI is InChI=1S/C16H16FN5O.C14H13N5OS.C2H6.HI.2H2/c1-9-4-5-13-10(9)7-11(14(19)22(13)8-18)16(23)21-15-12(17)3-2-6-20-15;1-8-2-3-11-9(8)6-10(13-18-15-7-19(11)13)14(20)17-12-4-5-16-21-12;1-2;;;/h2-3,6-9,18-19H,4-5H2,1H3,(H,20,21,23);4-8H,2-3H2,1H3,(H,17,20);1-2H3;3*1H/t;8-;;;;/m.1..../s1. The summed E-state index contributed by atoms with van der Waals surface area (Å²) in [5.41, 5.74) is 5.48. The molecule has 2 aliphatic rings. The van der Waals surface area contributed by atoms with Gasteiger partial charge in [0.1, 0.15) is 16.8 Å². The van der Waals surface area contributed by atoms with Crippen LogP contribution in [0.1, 0.15) is 98.5 Å². The molecular weight excluding hydrogens is 734 g/mol. The zero-order valence-electron chi connectivity index (χ0n) is 26.4. The Morgan fingerprint density at radius 3 is 2.34 bits per heavy atom. The van der Waals surface area contributed by atoms with Crippen molar-refractivity contribution in [1.82, 2.24) is 28.5 Å². The van der Waals surface area contributed by atoms with Crippen LogP contribution in [0.4, 0.5) is 15.2 Å². The highest BCUT2D eigenvalue weighted by molar-refractivity contribution is 14.0. The predicted molar refractivity (Wildman–Crippen MR) is 194 cm³/mol. The van der Waals surface area contributed by atoms with Gasteiger partial charge >= 0.3 is 0 Å². The van der Waals surface area contributed by atoms with E-state index in [9.17, 15) is 14.0 Å². The van der Waals surface area contributed by atoms with E-state index in [0.717, 1.165) is 48.3 Å². The number of aryl methyl sites for hydroxylation is 1. The maximum Gasteiger partial charge on any atom is 0.260 e. The van der Waals surface area contributed by atoms with E-state index in [1.807, 2.05) is 31.2 Å². The van der Waals surface area contributed by atoms with Crippen molar-refractivity contribution >= 4 is 70.1 Å². The summed E-state index contributed by atoms with van der Waals surface area (Å²) in [6.45, 7) is 8.23. The van der Waals surface area contributed by atoms with Crippen LogP contribution >= 0.6 is 35.5 Å². The van der Waals surface area contributed by atoms with Crippen molar-refractivity contribution in [3.05, 3.63) is 94.0 Å². The lowest BCUT2D eigenvalue weighted by Gasteiger charge is -2.13. The van der Waals surface area contributed by atoms with Gasteiger partial charge in [-0.15, -0.1) is 34.2 Å². The summed E-state index contributed by atoms with van der Waals surface area (Å²) >= 11 is 1.25. The first kappa shape index (κ1) is 35.5. The van der Waals surface area contributed by atoms with E-state index >= 15 is 0 Å². The normalized spacial score (nSPS) is 15.6. The molecule has 2 atom stereocenters. The van der Waals surface area contributed by atoms with E-state index in [4.69, 9.17) is 10.8 Å². The molecule has 1 unspecified atom stereocenters. The molecule has 0 fully saturated rings. The predicted octanol–water partition coefficient (Wildman–Crippen LogP) is 6.88. The fourth-order valence-electron chi connectivity index (χ4n) is 5.76. The minimum Gasteiger partial charge on any atom is -0.312 e. The number of halogens is 2. The van der Waals surface area contributed by atoms with Crippen LogP contribution in [0, 0.1) is 16.6 Å². The number of aromatic nitrogens is 6. The van der Waals surface area contributed by atoms with Gasteiger partial charge < -0.3 is 10.6 Å². The second kappa shape index (κ2) is 15.5. The first-order chi connectivity index (χ1) is 22.3. The SMILES string of the molecule is CC.CC1CCc2c1cc(C(=O)Nc1ncccc1F)c(=N)n2C=N.C[C@@H]1CCc2c1cc(C(=O)Nc1ccns1)c1nncn21.I.[HH].[HH]. The number of pyridine rings is 3. The minimum atomic E-state index is -0.637. The maximum absolute atomic E-state index is 13.6. The molecule has 7 rings (SSSR count). The van der Waals surface area contributed by atoms with E-state index in [2.05, 4.69) is 37.1 Å². The molecular formula is C32H40FIN10O2S. The second-order valence-electron chi connectivity index (χ2n) is 10.8. The lowest BCUT2D eigenvalue weighted by atomic mass is 10.0. The Hall–Kier alpha value is -4.38. The first-order valence-electron chi connectivity index (χ1n) is 15.1. The molecule has 0 aromatic carbocycles. The number of nitrogens with zero attached hydrogens (tertiary/aromatic N) is 6. The van der Waals surface area contributed by atoms with Crippen molar-refractivity contribution in [3.8, 4) is 0 Å². The molecule has 250 valence electrons. The van der Waals surface area contributed by atoms with Crippen molar-refractivity contribution < 1.29 is 16.8 Å². The average molecular weight is 775 g/mol. The van der Waals surface area contributed by atoms with Gasteiger partial charge in [-0.25, -0.2) is 9.37 Å². The lowest BCUT2D eigenvalue weighted by molar-refractivity contribution is 0.101. The Labute approximate surface area is 295 Å². The molecule has 0 saturated carbocycles. The summed E-state index contributed by atoms with van der Waals surface area (Å²) < 4.78 is 21.0. The van der Waals surface area contributed by atoms with Gasteiger partial charge in [-0.05, 0) is 90.5 Å². The Balaban J connectivity index is 0.000000307. The van der Waals surface area contributed by atoms with Gasteiger partial charge in [-0.3, -0.25) is 29.4 Å². The molecule has 47 heavy (non-hydrogen) atoms. The van der Waals surface area contributed by atoms with E-state index in [0.29, 0.717) is 17.1 Å². The number of carbonyl (C=O) groups is 2. The molecule has 15 heteroatoms. The van der Waals surface area contributed by atoms with E-state index in [-0.39, 0.29) is 55.5 Å². The topological polar surface area (TPSA) is 167 Å². The van der Waals surface area contributed by atoms with Gasteiger partial charge in [0.25, 0.3) is 11.8 Å². The van der Waals surface area contributed by atoms with Crippen LogP contribution in [-0.2, 0) is 12.8 Å². The summed E-state index contributed by atoms with van der Waals surface area (Å²) in [5.74, 6) is -0.866. The quantitative estimate of drug-likeness (QED) is 0.0863. The number of carbonyl (C=O) groups excluding carboxylic acids is 2. The van der Waals surface area contributed by atoms with Crippen LogP contribution in [0.25, 0.3) is 5.65 Å². The van der Waals surface area contributed by atoms with Gasteiger partial charge in [0.05, 0.1) is 17.5 Å². The van der Waals surface area contributed by atoms with Crippen LogP contribution in [0.5, 0.6) is 0 Å². The van der Waals surface area contributed by atoms with E-state index < -0.39 is 11.7 Å². The largest absolute Gasteiger partial charge is 0.312 e. The summed E-state index contributed by atoms with van der Waals surface area (Å²) in [6, 6.07) is 8.05. The summed E-state index contributed by atoms with van der Waals surface area (Å²) in [7, 11) is 0. The maximum atomic E-state index is 13.6. The molecule has 0 aliphatic heterocycles. The summed E-state index contributed by atoms with van der Waals surface area (Å²) in [5, 5.41) is 29.8. The lowest BCUT2D eigenvalue weighted by Crippen LogP contribution is -2.31. The highest BCUT2D eigenvalue weighted by Crippen LogP contribution is 2.35. The molecule has 2 aliphatic carbocycles. The molecule has 5 aromatic heterocycles. The fourth-order valence-corrected chi connectivity index (χ4v) is 6.26. The molecule has 0 radical (unpaired) electrons. The molecule has 4 N–H and O–H groups in total. The molecule has 0 saturated heterocycles. The summed E-state index contributed by atoms with van der Waals surface area (Å²) in [6.07, 6.45) is 9.56. The monoisotopic (exact) mass is 774 g/mol. The third-order valence-electron chi connectivity index (χ3n) is 8.11. The fraction of sp³-hybridized carbons (Fsp3) is 0.312. The molecule has 12 nitrogen and oxygen atoms in total. The Kier molecular flexibility index (Phi) is 11.7. The summed E-state index contributed by atoms with van der Waals surface area (Å²) in [4.78, 5) is 28.7. The van der Waals surface area contributed by atoms with Crippen LogP contribution in [0.15, 0.2) is 49.1 Å². The number of anilines is 2. The van der Waals surface area contributed by atoms with Gasteiger partial charge in [0.2, 0.25) is 0 Å². The highest BCUT2D eigenvalue weighted by atomic mass is 127. The Morgan fingerprint density at radius 2 is 1.68 bits per heavy atom. The zero-order chi connectivity index (χ0) is 33.0. The molecule has 5 heterocycles.